The molecule has 2 heterocycles. The maximum Gasteiger partial charge on any atom is 0.293 e. The number of amides is 2. The van der Waals surface area contributed by atoms with Gasteiger partial charge in [-0.25, -0.2) is 0 Å². The summed E-state index contributed by atoms with van der Waals surface area (Å²) in [5.41, 5.74) is 0.927. The van der Waals surface area contributed by atoms with Crippen LogP contribution in [0.1, 0.15) is 5.56 Å². The fraction of sp³-hybridized carbons (Fsp3) is 0.200. The fourth-order valence-electron chi connectivity index (χ4n) is 1.31. The number of carbonyl (C=O) groups excluding carboxylic acids is 2. The first-order valence-electron chi connectivity index (χ1n) is 4.41. The van der Waals surface area contributed by atoms with Crippen LogP contribution in [0, 0.1) is 0 Å². The predicted octanol–water partition coefficient (Wildman–Crippen LogP) is 1.69. The summed E-state index contributed by atoms with van der Waals surface area (Å²) in [6.45, 7) is 0. The Morgan fingerprint density at radius 1 is 1.33 bits per heavy atom. The van der Waals surface area contributed by atoms with E-state index in [1.165, 1.54) is 7.05 Å². The number of imide groups is 1. The fourth-order valence-corrected chi connectivity index (χ4v) is 2.13. The second-order valence-electron chi connectivity index (χ2n) is 3.35. The molecule has 0 saturated carbocycles. The maximum atomic E-state index is 11.5. The third-order valence-corrected chi connectivity index (χ3v) is 3.10. The molecule has 0 radical (unpaired) electrons. The zero-order valence-corrected chi connectivity index (χ0v) is 9.25. The molecule has 1 aliphatic heterocycles. The van der Waals surface area contributed by atoms with Gasteiger partial charge in [-0.05, 0) is 29.5 Å². The third kappa shape index (κ3) is 1.83. The number of aromatic nitrogens is 1. The van der Waals surface area contributed by atoms with Crippen molar-refractivity contribution in [3.63, 3.8) is 0 Å². The standard InChI is InChI=1S/C10H10N2O2S/c1-11-4-3-7(6-11)5-8-9(13)12(2)10(14)15-8/h3-6H,1-2H3/b8-5-. The molecule has 0 aromatic carbocycles. The van der Waals surface area contributed by atoms with Gasteiger partial charge in [-0.3, -0.25) is 14.5 Å². The Balaban J connectivity index is 2.29. The van der Waals surface area contributed by atoms with Gasteiger partial charge in [-0.1, -0.05) is 0 Å². The van der Waals surface area contributed by atoms with Crippen LogP contribution in [-0.2, 0) is 11.8 Å². The van der Waals surface area contributed by atoms with Gasteiger partial charge < -0.3 is 4.57 Å². The van der Waals surface area contributed by atoms with Gasteiger partial charge in [-0.2, -0.15) is 0 Å². The highest BCUT2D eigenvalue weighted by molar-refractivity contribution is 8.18. The molecular formula is C10H10N2O2S. The van der Waals surface area contributed by atoms with Crippen molar-refractivity contribution in [1.29, 1.82) is 0 Å². The van der Waals surface area contributed by atoms with E-state index in [9.17, 15) is 9.59 Å². The van der Waals surface area contributed by atoms with Crippen molar-refractivity contribution in [3.8, 4) is 0 Å². The molecule has 0 atom stereocenters. The number of likely N-dealkylation sites (N-methyl/N-ethyl adjacent to an activating group) is 1. The number of aryl methyl sites for hydroxylation is 1. The van der Waals surface area contributed by atoms with Crippen molar-refractivity contribution >= 4 is 29.0 Å². The Bertz CT molecular complexity index is 462. The van der Waals surface area contributed by atoms with Crippen LogP contribution in [0.2, 0.25) is 0 Å². The molecule has 0 bridgehead atoms. The maximum absolute atomic E-state index is 11.5. The lowest BCUT2D eigenvalue weighted by Gasteiger charge is -2.00. The van der Waals surface area contributed by atoms with Crippen molar-refractivity contribution < 1.29 is 9.59 Å². The first-order chi connectivity index (χ1) is 7.08. The largest absolute Gasteiger partial charge is 0.357 e. The highest BCUT2D eigenvalue weighted by atomic mass is 32.2. The lowest BCUT2D eigenvalue weighted by Crippen LogP contribution is -2.22. The lowest BCUT2D eigenvalue weighted by molar-refractivity contribution is -0.121. The van der Waals surface area contributed by atoms with Crippen LogP contribution in [0.5, 0.6) is 0 Å². The molecule has 1 aliphatic rings. The van der Waals surface area contributed by atoms with Gasteiger partial charge in [0.2, 0.25) is 0 Å². The molecular weight excluding hydrogens is 212 g/mol. The molecule has 0 aliphatic carbocycles. The summed E-state index contributed by atoms with van der Waals surface area (Å²) >= 11 is 0.975. The van der Waals surface area contributed by atoms with Crippen molar-refractivity contribution in [2.75, 3.05) is 7.05 Å². The van der Waals surface area contributed by atoms with Crippen molar-refractivity contribution in [2.45, 2.75) is 0 Å². The first-order valence-corrected chi connectivity index (χ1v) is 5.23. The van der Waals surface area contributed by atoms with Gasteiger partial charge in [0.15, 0.2) is 0 Å². The summed E-state index contributed by atoms with van der Waals surface area (Å²) in [7, 11) is 3.40. The molecule has 0 unspecified atom stereocenters. The summed E-state index contributed by atoms with van der Waals surface area (Å²) in [4.78, 5) is 24.4. The molecule has 5 heteroatoms. The Morgan fingerprint density at radius 2 is 2.07 bits per heavy atom. The molecule has 1 saturated heterocycles. The number of rotatable bonds is 1. The van der Waals surface area contributed by atoms with Crippen molar-refractivity contribution in [2.24, 2.45) is 7.05 Å². The minimum absolute atomic E-state index is 0.220. The summed E-state index contributed by atoms with van der Waals surface area (Å²) < 4.78 is 1.89. The van der Waals surface area contributed by atoms with E-state index < -0.39 is 0 Å². The molecule has 2 amide bonds. The first kappa shape index (κ1) is 10.0. The van der Waals surface area contributed by atoms with E-state index in [4.69, 9.17) is 0 Å². The molecule has 4 nitrogen and oxygen atoms in total. The molecule has 0 spiro atoms. The summed E-state index contributed by atoms with van der Waals surface area (Å²) in [6.07, 6.45) is 5.51. The van der Waals surface area contributed by atoms with E-state index in [0.29, 0.717) is 4.91 Å². The normalized spacial score (nSPS) is 19.3. The highest BCUT2D eigenvalue weighted by Gasteiger charge is 2.31. The van der Waals surface area contributed by atoms with Crippen LogP contribution in [0.3, 0.4) is 0 Å². The average Bonchev–Trinajstić information content (AvgIpc) is 2.68. The monoisotopic (exact) mass is 222 g/mol. The van der Waals surface area contributed by atoms with E-state index in [-0.39, 0.29) is 11.1 Å². The Hall–Kier alpha value is -1.49. The SMILES string of the molecule is CN1C(=O)S/C(=C\c2ccn(C)c2)C1=O. The van der Waals surface area contributed by atoms with Crippen LogP contribution in [-0.4, -0.2) is 27.7 Å². The van der Waals surface area contributed by atoms with Crippen LogP contribution in [0.25, 0.3) is 6.08 Å². The second-order valence-corrected chi connectivity index (χ2v) is 4.34. The zero-order chi connectivity index (χ0) is 11.0. The quantitative estimate of drug-likeness (QED) is 0.679. The minimum atomic E-state index is -0.228. The molecule has 1 fully saturated rings. The molecule has 15 heavy (non-hydrogen) atoms. The van der Waals surface area contributed by atoms with E-state index in [0.717, 1.165) is 22.2 Å². The van der Waals surface area contributed by atoms with E-state index in [1.54, 1.807) is 6.08 Å². The Labute approximate surface area is 91.6 Å². The van der Waals surface area contributed by atoms with Crippen LogP contribution >= 0.6 is 11.8 Å². The van der Waals surface area contributed by atoms with Gasteiger partial charge in [0.25, 0.3) is 11.1 Å². The van der Waals surface area contributed by atoms with Gasteiger partial charge in [-0.15, -0.1) is 0 Å². The predicted molar refractivity (Wildman–Crippen MR) is 59.1 cm³/mol. The number of hydrogen-bond donors (Lipinski definition) is 0. The van der Waals surface area contributed by atoms with Gasteiger partial charge in [0.1, 0.15) is 0 Å². The van der Waals surface area contributed by atoms with Gasteiger partial charge in [0.05, 0.1) is 4.91 Å². The van der Waals surface area contributed by atoms with Crippen LogP contribution < -0.4 is 0 Å². The van der Waals surface area contributed by atoms with Crippen LogP contribution in [0.4, 0.5) is 4.79 Å². The van der Waals surface area contributed by atoms with Gasteiger partial charge in [0, 0.05) is 26.5 Å². The molecule has 0 N–H and O–H groups in total. The van der Waals surface area contributed by atoms with E-state index >= 15 is 0 Å². The Kier molecular flexibility index (Phi) is 2.40. The number of nitrogens with zero attached hydrogens (tertiary/aromatic N) is 2. The minimum Gasteiger partial charge on any atom is -0.357 e. The Morgan fingerprint density at radius 3 is 2.53 bits per heavy atom. The van der Waals surface area contributed by atoms with Crippen molar-refractivity contribution in [1.82, 2.24) is 9.47 Å². The summed E-state index contributed by atoms with van der Waals surface area (Å²) in [5.74, 6) is -0.228. The highest BCUT2D eigenvalue weighted by Crippen LogP contribution is 2.30. The van der Waals surface area contributed by atoms with Crippen LogP contribution in [0.15, 0.2) is 23.4 Å². The molecule has 1 aromatic heterocycles. The average molecular weight is 222 g/mol. The number of thioether (sulfide) groups is 1. The topological polar surface area (TPSA) is 42.3 Å². The number of hydrogen-bond acceptors (Lipinski definition) is 3. The second kappa shape index (κ2) is 3.58. The molecule has 78 valence electrons. The summed E-state index contributed by atoms with van der Waals surface area (Å²) in [5, 5.41) is -0.220. The lowest BCUT2D eigenvalue weighted by atomic mass is 10.3. The smallest absolute Gasteiger partial charge is 0.293 e. The van der Waals surface area contributed by atoms with Crippen molar-refractivity contribution in [3.05, 3.63) is 28.9 Å². The van der Waals surface area contributed by atoms with E-state index in [2.05, 4.69) is 0 Å². The molecule has 2 rings (SSSR count). The summed E-state index contributed by atoms with van der Waals surface area (Å²) in [6, 6.07) is 1.89. The zero-order valence-electron chi connectivity index (χ0n) is 8.43. The third-order valence-electron chi connectivity index (χ3n) is 2.14. The molecule has 1 aromatic rings. The van der Waals surface area contributed by atoms with E-state index in [1.807, 2.05) is 30.1 Å². The van der Waals surface area contributed by atoms with Gasteiger partial charge >= 0.3 is 0 Å². The number of carbonyl (C=O) groups is 2.